The Morgan fingerprint density at radius 3 is 2.64 bits per heavy atom. The van der Waals surface area contributed by atoms with Gasteiger partial charge in [0.1, 0.15) is 6.04 Å². The number of carbonyl (C=O) groups is 1. The topological polar surface area (TPSA) is 127 Å². The number of carbonyl (C=O) groups excluding carboxylic acids is 1. The Hall–Kier alpha value is -4.35. The van der Waals surface area contributed by atoms with Crippen LogP contribution in [0.2, 0.25) is 0 Å². The number of hydrogen-bond acceptors (Lipinski definition) is 8. The maximum atomic E-state index is 13.6. The van der Waals surface area contributed by atoms with Crippen LogP contribution < -0.4 is 20.2 Å². The highest BCUT2D eigenvalue weighted by Crippen LogP contribution is 2.33. The second-order valence-corrected chi connectivity index (χ2v) is 9.88. The zero-order valence-electron chi connectivity index (χ0n) is 18.7. The van der Waals surface area contributed by atoms with Crippen molar-refractivity contribution in [2.24, 2.45) is 4.99 Å². The van der Waals surface area contributed by atoms with E-state index in [1.54, 1.807) is 19.1 Å². The molecule has 0 fully saturated rings. The number of aromatic hydroxyl groups is 1. The van der Waals surface area contributed by atoms with Crippen molar-refractivity contribution >= 4 is 46.0 Å². The molecule has 36 heavy (non-hydrogen) atoms. The average molecular weight is 519 g/mol. The average Bonchev–Trinajstić information content (AvgIpc) is 3.48. The first-order valence-electron chi connectivity index (χ1n) is 10.7. The fourth-order valence-electron chi connectivity index (χ4n) is 4.00. The molecule has 3 heterocycles. The van der Waals surface area contributed by atoms with Crippen LogP contribution in [-0.4, -0.2) is 20.5 Å². The van der Waals surface area contributed by atoms with Gasteiger partial charge in [-0.3, -0.25) is 24.3 Å². The third-order valence-electron chi connectivity index (χ3n) is 5.64. The van der Waals surface area contributed by atoms with Gasteiger partial charge in [0.25, 0.3) is 11.5 Å². The molecule has 1 aliphatic rings. The molecule has 2 aromatic carbocycles. The molecule has 2 N–H and O–H groups in total. The number of anilines is 1. The van der Waals surface area contributed by atoms with E-state index in [0.29, 0.717) is 21.8 Å². The van der Waals surface area contributed by atoms with Gasteiger partial charge in [-0.25, -0.2) is 4.99 Å². The maximum Gasteiger partial charge on any atom is 0.311 e. The van der Waals surface area contributed by atoms with Crippen LogP contribution in [0.4, 0.5) is 11.4 Å². The van der Waals surface area contributed by atoms with Gasteiger partial charge in [-0.05, 0) is 36.6 Å². The summed E-state index contributed by atoms with van der Waals surface area (Å²) < 4.78 is 1.69. The van der Waals surface area contributed by atoms with E-state index in [2.05, 4.69) is 10.3 Å². The summed E-state index contributed by atoms with van der Waals surface area (Å²) in [6, 6.07) is 16.1. The molecular weight excluding hydrogens is 500 g/mol. The molecule has 9 nitrogen and oxygen atoms in total. The molecule has 11 heteroatoms. The molecule has 0 aliphatic carbocycles. The Labute approximate surface area is 211 Å². The number of thiazole rings is 1. The van der Waals surface area contributed by atoms with E-state index in [0.717, 1.165) is 16.2 Å². The van der Waals surface area contributed by atoms with Gasteiger partial charge in [-0.2, -0.15) is 0 Å². The van der Waals surface area contributed by atoms with E-state index in [9.17, 15) is 24.8 Å². The molecular formula is C25H18N4O5S2. The Morgan fingerprint density at radius 1 is 1.17 bits per heavy atom. The SMILES string of the molecule is CC1=C(C(=O)Nc2ccccc2)C(c2cccs2)n2c(sc(=Cc3cccc([N+](=O)[O-])c3O)c2=O)=N1. The van der Waals surface area contributed by atoms with E-state index < -0.39 is 28.0 Å². The number of nitrogens with zero attached hydrogens (tertiary/aromatic N) is 3. The zero-order chi connectivity index (χ0) is 25.4. The number of para-hydroxylation sites is 2. The molecule has 0 saturated heterocycles. The van der Waals surface area contributed by atoms with Crippen LogP contribution in [0, 0.1) is 10.1 Å². The third kappa shape index (κ3) is 4.14. The minimum Gasteiger partial charge on any atom is -0.502 e. The summed E-state index contributed by atoms with van der Waals surface area (Å²) in [6.45, 7) is 1.73. The van der Waals surface area contributed by atoms with Crippen molar-refractivity contribution in [1.29, 1.82) is 0 Å². The molecule has 0 saturated carbocycles. The summed E-state index contributed by atoms with van der Waals surface area (Å²) in [6.07, 6.45) is 1.40. The molecule has 1 aliphatic heterocycles. The van der Waals surface area contributed by atoms with Gasteiger partial charge >= 0.3 is 5.69 Å². The van der Waals surface area contributed by atoms with Crippen molar-refractivity contribution in [3.63, 3.8) is 0 Å². The number of rotatable bonds is 5. The van der Waals surface area contributed by atoms with Gasteiger partial charge in [-0.15, -0.1) is 11.3 Å². The Balaban J connectivity index is 1.66. The molecule has 0 bridgehead atoms. The lowest BCUT2D eigenvalue weighted by molar-refractivity contribution is -0.385. The normalized spacial score (nSPS) is 15.4. The van der Waals surface area contributed by atoms with Gasteiger partial charge in [0.2, 0.25) is 5.75 Å². The number of phenols is 1. The largest absolute Gasteiger partial charge is 0.502 e. The van der Waals surface area contributed by atoms with Gasteiger partial charge in [-0.1, -0.05) is 47.7 Å². The van der Waals surface area contributed by atoms with Gasteiger partial charge in [0.15, 0.2) is 4.80 Å². The first-order valence-corrected chi connectivity index (χ1v) is 12.4. The van der Waals surface area contributed by atoms with E-state index in [1.165, 1.54) is 40.2 Å². The highest BCUT2D eigenvalue weighted by molar-refractivity contribution is 7.10. The third-order valence-corrected chi connectivity index (χ3v) is 7.55. The molecule has 1 atom stereocenters. The van der Waals surface area contributed by atoms with Crippen LogP contribution in [0.25, 0.3) is 6.08 Å². The predicted octanol–water partition coefficient (Wildman–Crippen LogP) is 3.55. The van der Waals surface area contributed by atoms with Crippen LogP contribution in [0.1, 0.15) is 23.4 Å². The first-order chi connectivity index (χ1) is 17.3. The summed E-state index contributed by atoms with van der Waals surface area (Å²) in [7, 11) is 0. The maximum absolute atomic E-state index is 13.6. The quantitative estimate of drug-likeness (QED) is 0.309. The first kappa shape index (κ1) is 23.4. The van der Waals surface area contributed by atoms with Crippen LogP contribution in [0.15, 0.2) is 87.1 Å². The number of benzene rings is 2. The van der Waals surface area contributed by atoms with E-state index >= 15 is 0 Å². The summed E-state index contributed by atoms with van der Waals surface area (Å²) in [5, 5.41) is 26.3. The Bertz CT molecular complexity index is 1700. The number of nitro groups is 1. The lowest BCUT2D eigenvalue weighted by atomic mass is 10.0. The molecule has 0 radical (unpaired) electrons. The number of nitrogens with one attached hydrogen (secondary N) is 1. The van der Waals surface area contributed by atoms with Crippen molar-refractivity contribution in [3.8, 4) is 5.75 Å². The summed E-state index contributed by atoms with van der Waals surface area (Å²) in [5.74, 6) is -0.895. The van der Waals surface area contributed by atoms with Crippen molar-refractivity contribution in [3.05, 3.63) is 118 Å². The van der Waals surface area contributed by atoms with E-state index in [1.807, 2.05) is 35.7 Å². The molecule has 4 aromatic rings. The summed E-state index contributed by atoms with van der Waals surface area (Å²) in [5.41, 5.74) is 0.710. The fraction of sp³-hybridized carbons (Fsp3) is 0.0800. The monoisotopic (exact) mass is 518 g/mol. The van der Waals surface area contributed by atoms with Gasteiger partial charge in [0, 0.05) is 22.2 Å². The van der Waals surface area contributed by atoms with Crippen molar-refractivity contribution in [2.45, 2.75) is 13.0 Å². The number of phenolic OH excluding ortho intramolecular Hbond substituents is 1. The second kappa shape index (κ2) is 9.36. The van der Waals surface area contributed by atoms with Gasteiger partial charge < -0.3 is 10.4 Å². The second-order valence-electron chi connectivity index (χ2n) is 7.89. The molecule has 5 rings (SSSR count). The standard InChI is InChI=1S/C25H18N4O5S2/c1-14-20(23(31)27-16-8-3-2-4-9-16)21(18-11-6-12-35-18)28-24(32)19(36-25(28)26-14)13-15-7-5-10-17(22(15)30)29(33)34/h2-13,21,30H,1H3,(H,27,31). The van der Waals surface area contributed by atoms with Crippen LogP contribution in [0.3, 0.4) is 0 Å². The number of thiophene rings is 1. The zero-order valence-corrected chi connectivity index (χ0v) is 20.4. The van der Waals surface area contributed by atoms with Crippen LogP contribution in [0.5, 0.6) is 5.75 Å². The lowest BCUT2D eigenvalue weighted by Gasteiger charge is -2.24. The molecule has 0 spiro atoms. The predicted molar refractivity (Wildman–Crippen MR) is 138 cm³/mol. The highest BCUT2D eigenvalue weighted by Gasteiger charge is 2.33. The number of hydrogen-bond donors (Lipinski definition) is 2. The molecule has 180 valence electrons. The van der Waals surface area contributed by atoms with Crippen molar-refractivity contribution < 1.29 is 14.8 Å². The number of nitro benzene ring substituents is 1. The van der Waals surface area contributed by atoms with E-state index in [-0.39, 0.29) is 16.0 Å². The van der Waals surface area contributed by atoms with Crippen LogP contribution >= 0.6 is 22.7 Å². The van der Waals surface area contributed by atoms with Crippen molar-refractivity contribution in [1.82, 2.24) is 4.57 Å². The number of amides is 1. The Kier molecular flexibility index (Phi) is 6.08. The van der Waals surface area contributed by atoms with E-state index in [4.69, 9.17) is 0 Å². The molecule has 1 unspecified atom stereocenters. The minimum atomic E-state index is -0.703. The smallest absolute Gasteiger partial charge is 0.311 e. The van der Waals surface area contributed by atoms with Crippen LogP contribution in [-0.2, 0) is 4.79 Å². The van der Waals surface area contributed by atoms with Gasteiger partial charge in [0.05, 0.1) is 20.7 Å². The molecule has 2 aromatic heterocycles. The lowest BCUT2D eigenvalue weighted by Crippen LogP contribution is -2.40. The summed E-state index contributed by atoms with van der Waals surface area (Å²) in [4.78, 5) is 43.3. The molecule has 1 amide bonds. The fourth-order valence-corrected chi connectivity index (χ4v) is 5.86. The highest BCUT2D eigenvalue weighted by atomic mass is 32.1. The Morgan fingerprint density at radius 2 is 1.94 bits per heavy atom. The van der Waals surface area contributed by atoms with Crippen molar-refractivity contribution in [2.75, 3.05) is 5.32 Å². The number of allylic oxidation sites excluding steroid dienone is 1. The number of aromatic nitrogens is 1. The minimum absolute atomic E-state index is 0.139. The summed E-state index contributed by atoms with van der Waals surface area (Å²) >= 11 is 2.50. The number of fused-ring (bicyclic) bond motifs is 1.